The summed E-state index contributed by atoms with van der Waals surface area (Å²) in [6.07, 6.45) is 0.963. The van der Waals surface area contributed by atoms with Crippen LogP contribution in [0.25, 0.3) is 0 Å². The normalized spacial score (nSPS) is 10.5. The second-order valence-corrected chi connectivity index (χ2v) is 5.85. The number of nitrogens with two attached hydrogens (primary N) is 1. The number of nitrogens with zero attached hydrogens (tertiary/aromatic N) is 1. The van der Waals surface area contributed by atoms with E-state index in [1.807, 2.05) is 0 Å². The first kappa shape index (κ1) is 18.8. The molecular formula is C19H15FN4O4. The molecule has 0 aliphatic heterocycles. The third-order valence-electron chi connectivity index (χ3n) is 4.03. The van der Waals surface area contributed by atoms with Gasteiger partial charge in [0.25, 0.3) is 17.4 Å². The van der Waals surface area contributed by atoms with Crippen LogP contribution in [-0.4, -0.2) is 21.4 Å². The van der Waals surface area contributed by atoms with E-state index in [4.69, 9.17) is 5.73 Å². The molecule has 0 radical (unpaired) electrons. The van der Waals surface area contributed by atoms with Crippen molar-refractivity contribution in [1.82, 2.24) is 9.55 Å². The van der Waals surface area contributed by atoms with Crippen molar-refractivity contribution < 1.29 is 14.0 Å². The van der Waals surface area contributed by atoms with Gasteiger partial charge in [-0.2, -0.15) is 0 Å². The summed E-state index contributed by atoms with van der Waals surface area (Å²) in [5.41, 5.74) is 3.49. The van der Waals surface area contributed by atoms with Crippen LogP contribution in [-0.2, 0) is 6.54 Å². The molecule has 1 heterocycles. The van der Waals surface area contributed by atoms with Gasteiger partial charge in [-0.25, -0.2) is 9.18 Å². The van der Waals surface area contributed by atoms with Gasteiger partial charge >= 0.3 is 5.69 Å². The summed E-state index contributed by atoms with van der Waals surface area (Å²) in [6.45, 7) is -0.347. The molecule has 3 aromatic rings. The number of benzene rings is 2. The Bertz CT molecular complexity index is 1180. The summed E-state index contributed by atoms with van der Waals surface area (Å²) in [5.74, 6) is -2.19. The SMILES string of the molecule is NC(=O)c1ccccc1NC(=O)c1c[nH]c(=O)n(Cc2ccccc2F)c1=O. The number of carbonyl (C=O) groups excluding carboxylic acids is 2. The lowest BCUT2D eigenvalue weighted by Crippen LogP contribution is -2.39. The van der Waals surface area contributed by atoms with Crippen LogP contribution in [0.4, 0.5) is 10.1 Å². The van der Waals surface area contributed by atoms with E-state index in [-0.39, 0.29) is 28.9 Å². The number of amides is 2. The second kappa shape index (κ2) is 7.70. The molecule has 2 aromatic carbocycles. The molecule has 8 nitrogen and oxygen atoms in total. The lowest BCUT2D eigenvalue weighted by atomic mass is 10.1. The molecule has 9 heteroatoms. The van der Waals surface area contributed by atoms with Crippen molar-refractivity contribution in [2.24, 2.45) is 5.73 Å². The Kier molecular flexibility index (Phi) is 5.16. The van der Waals surface area contributed by atoms with Crippen LogP contribution in [0.1, 0.15) is 26.3 Å². The van der Waals surface area contributed by atoms with Crippen molar-refractivity contribution in [1.29, 1.82) is 0 Å². The molecule has 3 rings (SSSR count). The molecule has 142 valence electrons. The molecule has 0 atom stereocenters. The van der Waals surface area contributed by atoms with Crippen LogP contribution in [0.5, 0.6) is 0 Å². The molecule has 4 N–H and O–H groups in total. The monoisotopic (exact) mass is 382 g/mol. The van der Waals surface area contributed by atoms with Crippen LogP contribution in [0.2, 0.25) is 0 Å². The molecule has 2 amide bonds. The van der Waals surface area contributed by atoms with Gasteiger partial charge in [0.15, 0.2) is 0 Å². The number of aromatic nitrogens is 2. The van der Waals surface area contributed by atoms with Gasteiger partial charge in [-0.15, -0.1) is 0 Å². The number of hydrogen-bond donors (Lipinski definition) is 3. The topological polar surface area (TPSA) is 127 Å². The number of H-pyrrole nitrogens is 1. The predicted molar refractivity (Wildman–Crippen MR) is 99.7 cm³/mol. The van der Waals surface area contributed by atoms with Gasteiger partial charge < -0.3 is 16.0 Å². The Labute approximate surface area is 157 Å². The number of halogens is 1. The molecule has 1 aromatic heterocycles. The van der Waals surface area contributed by atoms with Crippen molar-refractivity contribution >= 4 is 17.5 Å². The fraction of sp³-hybridized carbons (Fsp3) is 0.0526. The van der Waals surface area contributed by atoms with E-state index < -0.39 is 28.9 Å². The van der Waals surface area contributed by atoms with Gasteiger partial charge in [0.2, 0.25) is 0 Å². The van der Waals surface area contributed by atoms with Crippen LogP contribution >= 0.6 is 0 Å². The molecule has 0 fully saturated rings. The third-order valence-corrected chi connectivity index (χ3v) is 4.03. The first-order valence-corrected chi connectivity index (χ1v) is 8.14. The summed E-state index contributed by atoms with van der Waals surface area (Å²) in [4.78, 5) is 50.9. The predicted octanol–water partition coefficient (Wildman–Crippen LogP) is 1.08. The van der Waals surface area contributed by atoms with Gasteiger partial charge in [-0.05, 0) is 18.2 Å². The Hall–Kier alpha value is -4.01. The van der Waals surface area contributed by atoms with Crippen molar-refractivity contribution in [2.45, 2.75) is 6.54 Å². The van der Waals surface area contributed by atoms with Crippen molar-refractivity contribution in [3.63, 3.8) is 0 Å². The minimum Gasteiger partial charge on any atom is -0.366 e. The average molecular weight is 382 g/mol. The van der Waals surface area contributed by atoms with Gasteiger partial charge in [0.05, 0.1) is 17.8 Å². The van der Waals surface area contributed by atoms with E-state index in [0.29, 0.717) is 4.57 Å². The van der Waals surface area contributed by atoms with Crippen LogP contribution in [0, 0.1) is 5.82 Å². The average Bonchev–Trinajstić information content (AvgIpc) is 2.66. The Morgan fingerprint density at radius 3 is 2.43 bits per heavy atom. The smallest absolute Gasteiger partial charge is 0.328 e. The fourth-order valence-electron chi connectivity index (χ4n) is 2.61. The fourth-order valence-corrected chi connectivity index (χ4v) is 2.61. The van der Waals surface area contributed by atoms with Crippen LogP contribution in [0.3, 0.4) is 0 Å². The van der Waals surface area contributed by atoms with Crippen LogP contribution < -0.4 is 22.3 Å². The summed E-state index contributed by atoms with van der Waals surface area (Å²) in [6, 6.07) is 11.7. The molecule has 0 bridgehead atoms. The molecule has 28 heavy (non-hydrogen) atoms. The Morgan fingerprint density at radius 1 is 1.04 bits per heavy atom. The van der Waals surface area contributed by atoms with Crippen LogP contribution in [0.15, 0.2) is 64.3 Å². The van der Waals surface area contributed by atoms with Gasteiger partial charge in [0, 0.05) is 11.8 Å². The zero-order valence-corrected chi connectivity index (χ0v) is 14.4. The molecule has 0 saturated carbocycles. The number of primary amides is 1. The molecule has 0 spiro atoms. The maximum atomic E-state index is 13.9. The second-order valence-electron chi connectivity index (χ2n) is 5.85. The minimum absolute atomic E-state index is 0.0620. The third kappa shape index (κ3) is 3.73. The summed E-state index contributed by atoms with van der Waals surface area (Å²) in [7, 11) is 0. The van der Waals surface area contributed by atoms with Gasteiger partial charge in [-0.1, -0.05) is 30.3 Å². The lowest BCUT2D eigenvalue weighted by Gasteiger charge is -2.10. The number of nitrogens with one attached hydrogen (secondary N) is 2. The Morgan fingerprint density at radius 2 is 1.71 bits per heavy atom. The zero-order chi connectivity index (χ0) is 20.3. The van der Waals surface area contributed by atoms with Crippen molar-refractivity contribution in [2.75, 3.05) is 5.32 Å². The van der Waals surface area contributed by atoms with E-state index in [1.165, 1.54) is 30.3 Å². The van der Waals surface area contributed by atoms with Crippen molar-refractivity contribution in [3.8, 4) is 0 Å². The van der Waals surface area contributed by atoms with Crippen molar-refractivity contribution in [3.05, 3.63) is 98.1 Å². The standard InChI is InChI=1S/C19H15FN4O4/c20-14-7-3-1-5-11(14)10-24-18(27)13(9-22-19(24)28)17(26)23-15-8-4-2-6-12(15)16(21)25/h1-9H,10H2,(H2,21,25)(H,22,28)(H,23,26). The number of carbonyl (C=O) groups is 2. The zero-order valence-electron chi connectivity index (χ0n) is 14.4. The number of para-hydroxylation sites is 1. The first-order chi connectivity index (χ1) is 13.4. The van der Waals surface area contributed by atoms with E-state index >= 15 is 0 Å². The minimum atomic E-state index is -0.902. The quantitative estimate of drug-likeness (QED) is 0.610. The maximum Gasteiger partial charge on any atom is 0.328 e. The molecular weight excluding hydrogens is 367 g/mol. The molecule has 0 unspecified atom stereocenters. The number of aromatic amines is 1. The number of anilines is 1. The summed E-state index contributed by atoms with van der Waals surface area (Å²) >= 11 is 0. The largest absolute Gasteiger partial charge is 0.366 e. The lowest BCUT2D eigenvalue weighted by molar-refractivity contribution is 0.100. The van der Waals surface area contributed by atoms with E-state index in [1.54, 1.807) is 18.2 Å². The number of hydrogen-bond acceptors (Lipinski definition) is 4. The number of rotatable bonds is 5. The highest BCUT2D eigenvalue weighted by Gasteiger charge is 2.18. The van der Waals surface area contributed by atoms with Gasteiger partial charge in [0.1, 0.15) is 11.4 Å². The highest BCUT2D eigenvalue weighted by atomic mass is 19.1. The summed E-state index contributed by atoms with van der Waals surface area (Å²) in [5, 5.41) is 2.42. The highest BCUT2D eigenvalue weighted by Crippen LogP contribution is 2.15. The van der Waals surface area contributed by atoms with E-state index in [2.05, 4.69) is 10.3 Å². The Balaban J connectivity index is 1.97. The highest BCUT2D eigenvalue weighted by molar-refractivity contribution is 6.08. The molecule has 0 aliphatic carbocycles. The van der Waals surface area contributed by atoms with Gasteiger partial charge in [-0.3, -0.25) is 19.0 Å². The molecule has 0 saturated heterocycles. The maximum absolute atomic E-state index is 13.9. The van der Waals surface area contributed by atoms with E-state index in [9.17, 15) is 23.6 Å². The van der Waals surface area contributed by atoms with E-state index in [0.717, 1.165) is 6.20 Å². The summed E-state index contributed by atoms with van der Waals surface area (Å²) < 4.78 is 14.6. The first-order valence-electron chi connectivity index (χ1n) is 8.14. The molecule has 0 aliphatic rings.